The number of hydrogen-bond acceptors (Lipinski definition) is 1. The van der Waals surface area contributed by atoms with E-state index < -0.39 is 87.3 Å². The van der Waals surface area contributed by atoms with Crippen molar-refractivity contribution in [1.82, 2.24) is 4.57 Å². The lowest BCUT2D eigenvalue weighted by molar-refractivity contribution is 0.497. The molecule has 0 rings (SSSR count). The largest absolute Gasteiger partial charge is 0.413 e. The van der Waals surface area contributed by atoms with Gasteiger partial charge in [0.1, 0.15) is 0 Å². The van der Waals surface area contributed by atoms with Crippen molar-refractivity contribution in [1.29, 1.82) is 0 Å². The summed E-state index contributed by atoms with van der Waals surface area (Å²) in [5.74, 6) is 0. The third-order valence-corrected chi connectivity index (χ3v) is 128. The Morgan fingerprint density at radius 1 is 0.373 bits per heavy atom. The van der Waals surface area contributed by atoms with Crippen LogP contribution in [0.15, 0.2) is 0 Å². The van der Waals surface area contributed by atoms with Crippen LogP contribution < -0.4 is 0 Å². The fourth-order valence-electron chi connectivity index (χ4n) is 14.9. The van der Waals surface area contributed by atoms with E-state index >= 15 is 0 Å². The zero-order valence-electron chi connectivity index (χ0n) is 41.4. The average molecular weight is 909 g/mol. The van der Waals surface area contributed by atoms with Gasteiger partial charge < -0.3 is 4.57 Å². The lowest BCUT2D eigenvalue weighted by atomic mass is 10.6. The summed E-state index contributed by atoms with van der Waals surface area (Å²) in [4.78, 5) is 4.41. The summed E-state index contributed by atoms with van der Waals surface area (Å²) in [6.07, 6.45) is 0. The van der Waals surface area contributed by atoms with Crippen molar-refractivity contribution in [2.24, 2.45) is 0 Å². The molecule has 1 nitrogen and oxygen atoms in total. The van der Waals surface area contributed by atoms with Crippen LogP contribution >= 0.6 is 0 Å². The lowest BCUT2D eigenvalue weighted by Crippen LogP contribution is -2.80. The summed E-state index contributed by atoms with van der Waals surface area (Å²) in [5.41, 5.74) is 1.79. The number of nitrogens with zero attached hydrogens (tertiary/aromatic N) is 1. The second kappa shape index (κ2) is 17.3. The van der Waals surface area contributed by atoms with Gasteiger partial charge in [-0.25, -0.2) is 0 Å². The molecule has 0 aromatic heterocycles. The first-order chi connectivity index (χ1) is 22.0. The molecule has 0 atom stereocenters. The molecule has 0 aromatic carbocycles. The van der Waals surface area contributed by atoms with Crippen LogP contribution in [0.4, 0.5) is 0 Å². The minimum absolute atomic E-state index is 0.455. The number of hydrogen-bond donors (Lipinski definition) is 0. The van der Waals surface area contributed by atoms with E-state index in [0.717, 1.165) is 30.2 Å². The lowest BCUT2D eigenvalue weighted by Gasteiger charge is -2.65. The third kappa shape index (κ3) is 12.0. The van der Waals surface area contributed by atoms with Gasteiger partial charge in [-0.15, -0.1) is 0 Å². The molecule has 0 saturated carbocycles. The van der Waals surface area contributed by atoms with E-state index in [9.17, 15) is 0 Å². The van der Waals surface area contributed by atoms with E-state index in [2.05, 4.69) is 203 Å². The van der Waals surface area contributed by atoms with Crippen LogP contribution in [-0.4, -0.2) is 113 Å². The minimum Gasteiger partial charge on any atom is -0.413 e. The zero-order chi connectivity index (χ0) is 41.7. The second-order valence-electron chi connectivity index (χ2n) is 26.6. The van der Waals surface area contributed by atoms with Gasteiger partial charge in [0.2, 0.25) is 0 Å². The highest BCUT2D eigenvalue weighted by Crippen LogP contribution is 2.59. The molecule has 0 unspecified atom stereocenters. The van der Waals surface area contributed by atoms with E-state index in [-0.39, 0.29) is 0 Å². The molecule has 306 valence electrons. The summed E-state index contributed by atoms with van der Waals surface area (Å²) < 4.78 is 3.40. The molecule has 0 aliphatic rings. The van der Waals surface area contributed by atoms with Gasteiger partial charge in [0.05, 0.1) is 22.8 Å². The molecule has 0 spiro atoms. The highest BCUT2D eigenvalue weighted by Gasteiger charge is 2.68. The summed E-state index contributed by atoms with van der Waals surface area (Å²) in [6, 6.07) is 0. The Kier molecular flexibility index (Phi) is 18.1. The van der Waals surface area contributed by atoms with E-state index in [4.69, 9.17) is 0 Å². The van der Waals surface area contributed by atoms with Crippen molar-refractivity contribution < 1.29 is 0 Å². The van der Waals surface area contributed by atoms with Crippen LogP contribution in [-0.2, 0) is 0 Å². The maximum absolute atomic E-state index is 3.40. The minimum atomic E-state index is -1.98. The van der Waals surface area contributed by atoms with Gasteiger partial charge in [-0.3, -0.25) is 0 Å². The fraction of sp³-hybridized carbons (Fsp3) is 1.00. The maximum Gasteiger partial charge on any atom is 0.0818 e. The van der Waals surface area contributed by atoms with Crippen molar-refractivity contribution in [2.45, 2.75) is 229 Å². The van der Waals surface area contributed by atoms with Crippen LogP contribution in [0.3, 0.4) is 0 Å². The monoisotopic (exact) mass is 908 g/mol. The van der Waals surface area contributed by atoms with E-state index in [1.807, 2.05) is 0 Å². The smallest absolute Gasteiger partial charge is 0.0818 e. The first-order valence-electron chi connectivity index (χ1n) is 21.4. The van der Waals surface area contributed by atoms with Crippen molar-refractivity contribution in [3.8, 4) is 0 Å². The van der Waals surface area contributed by atoms with Crippen LogP contribution in [0, 0.1) is 0 Å². The van der Waals surface area contributed by atoms with E-state index in [1.54, 1.807) is 0 Å². The quantitative estimate of drug-likeness (QED) is 0.117. The van der Waals surface area contributed by atoms with E-state index in [0.29, 0.717) is 8.13 Å². The van der Waals surface area contributed by atoms with Crippen molar-refractivity contribution in [2.75, 3.05) is 13.1 Å². The topological polar surface area (TPSA) is 3.24 Å². The predicted molar refractivity (Wildman–Crippen MR) is 279 cm³/mol. The summed E-state index contributed by atoms with van der Waals surface area (Å²) >= 11 is 0. The van der Waals surface area contributed by atoms with Gasteiger partial charge in [0.25, 0.3) is 0 Å². The Bertz CT molecular complexity index is 1020. The SMILES string of the molecule is CCN(CC)/[Si](=[SiH]\[Si](C(C)C)(C([Si](C)(C)C)[Si](C)(C)C)C([Si](C)(C)C)[Si](C)(C)C)[Si](C(C)C)(C([Si](C)(C)C)[Si](C)(C)C)C([Si](C)(C)C)[Si](C)(C)C. The Hall–Kier alpha value is 2.40. The van der Waals surface area contributed by atoms with Gasteiger partial charge >= 0.3 is 0 Å². The third-order valence-electron chi connectivity index (χ3n) is 12.8. The van der Waals surface area contributed by atoms with Crippen LogP contribution in [0.2, 0.25) is 187 Å². The molecule has 0 amide bonds. The Morgan fingerprint density at radius 2 is 0.588 bits per heavy atom. The summed E-state index contributed by atoms with van der Waals surface area (Å²) in [7, 11) is -16.5. The van der Waals surface area contributed by atoms with Gasteiger partial charge in [0.15, 0.2) is 0 Å². The standard InChI is InChI=1S/C38H101NSi12/c1-31-39(32-2)41(51(34(5)6,37(46(19,20)21)47(22,23)24)38(48(25,26)27)49(28,29)30)40-50(33(3)4,35(42(7,8)9)43(10,11)12)36(44(13,14)15)45(16,17)18/h33-38,40H,31-32H2,1-30H3/b41-40+. The normalized spacial score (nSPS) is 16.2. The van der Waals surface area contributed by atoms with Gasteiger partial charge in [-0.1, -0.05) is 210 Å². The molecule has 0 fully saturated rings. The molecular weight excluding hydrogens is 807 g/mol. The molecule has 0 heterocycles. The summed E-state index contributed by atoms with van der Waals surface area (Å²) in [5, 5.41) is 0. The van der Waals surface area contributed by atoms with Crippen molar-refractivity contribution in [3.05, 3.63) is 0 Å². The molecule has 0 aliphatic carbocycles. The molecule has 0 bridgehead atoms. The molecule has 0 radical (unpaired) electrons. The molecule has 0 saturated heterocycles. The van der Waals surface area contributed by atoms with Gasteiger partial charge in [-0.05, 0) is 27.5 Å². The predicted octanol–water partition coefficient (Wildman–Crippen LogP) is 14.0. The molecular formula is C38H101NSi12. The zero-order valence-corrected chi connectivity index (χ0v) is 53.6. The maximum atomic E-state index is 3.40. The summed E-state index contributed by atoms with van der Waals surface area (Å²) in [6.45, 7) is 88.9. The Labute approximate surface area is 339 Å². The first kappa shape index (κ1) is 53.4. The highest BCUT2D eigenvalue weighted by atomic mass is 29.6. The first-order valence-corrected chi connectivity index (χ1v) is 60.6. The molecule has 0 N–H and O–H groups in total. The van der Waals surface area contributed by atoms with Gasteiger partial charge in [0, 0.05) is 77.7 Å². The molecule has 0 aromatic rings. The Morgan fingerprint density at radius 3 is 0.725 bits per heavy atom. The van der Waals surface area contributed by atoms with Crippen LogP contribution in [0.25, 0.3) is 0 Å². The van der Waals surface area contributed by atoms with Crippen molar-refractivity contribution >= 4 is 95.5 Å². The van der Waals surface area contributed by atoms with Crippen molar-refractivity contribution in [3.63, 3.8) is 0 Å². The molecule has 0 aliphatic heterocycles. The van der Waals surface area contributed by atoms with Gasteiger partial charge in [-0.2, -0.15) is 0 Å². The number of rotatable bonds is 19. The second-order valence-corrected chi connectivity index (χ2v) is 100. The molecule has 51 heavy (non-hydrogen) atoms. The van der Waals surface area contributed by atoms with Crippen LogP contribution in [0.1, 0.15) is 41.5 Å². The van der Waals surface area contributed by atoms with Crippen LogP contribution in [0.5, 0.6) is 0 Å². The molecule has 13 heteroatoms. The highest BCUT2D eigenvalue weighted by molar-refractivity contribution is 7.59. The van der Waals surface area contributed by atoms with E-state index in [1.165, 1.54) is 13.1 Å². The fourth-order valence-corrected chi connectivity index (χ4v) is 226. The average Bonchev–Trinajstić information content (AvgIpc) is 2.75. The Balaban J connectivity index is 10.4.